The van der Waals surface area contributed by atoms with E-state index in [2.05, 4.69) is 37.3 Å². The Balaban J connectivity index is 1.25. The van der Waals surface area contributed by atoms with E-state index >= 15 is 0 Å². The first-order chi connectivity index (χ1) is 15.2. The summed E-state index contributed by atoms with van der Waals surface area (Å²) in [5, 5.41) is 10.2. The second-order valence-corrected chi connectivity index (χ2v) is 7.40. The third-order valence-electron chi connectivity index (χ3n) is 5.46. The number of para-hydroxylation sites is 1. The van der Waals surface area contributed by atoms with Gasteiger partial charge in [0.05, 0.1) is 5.69 Å². The molecule has 4 aromatic rings. The molecular weight excluding hydrogens is 397 g/mol. The van der Waals surface area contributed by atoms with Gasteiger partial charge in [-0.1, -0.05) is 18.2 Å². The normalized spacial score (nSPS) is 14.1. The van der Waals surface area contributed by atoms with Crippen molar-refractivity contribution >= 4 is 34.0 Å². The van der Waals surface area contributed by atoms with Gasteiger partial charge in [-0.05, 0) is 58.8 Å². The Hall–Kier alpha value is -3.94. The molecule has 0 spiro atoms. The van der Waals surface area contributed by atoms with Crippen LogP contribution in [-0.2, 0) is 0 Å². The van der Waals surface area contributed by atoms with Crippen molar-refractivity contribution in [3.63, 3.8) is 0 Å². The third-order valence-corrected chi connectivity index (χ3v) is 5.46. The van der Waals surface area contributed by atoms with Crippen LogP contribution in [-0.4, -0.2) is 42.4 Å². The van der Waals surface area contributed by atoms with Crippen LogP contribution in [0.2, 0.25) is 0 Å². The Labute approximate surface area is 178 Å². The predicted molar refractivity (Wildman–Crippen MR) is 117 cm³/mol. The highest BCUT2D eigenvalue weighted by atomic mass is 19.1. The minimum Gasteiger partial charge on any atom is -0.368 e. The molecule has 1 saturated heterocycles. The molecule has 0 unspecified atom stereocenters. The molecule has 1 amide bonds. The number of anilines is 3. The lowest BCUT2D eigenvalue weighted by Gasteiger charge is -2.37. The SMILES string of the molecule is O=C(Nc1ccc(N2CCN(c3ccccc3)CC2)c(F)c1)c1ccc2nonc2c1. The summed E-state index contributed by atoms with van der Waals surface area (Å²) in [5.74, 6) is -0.712. The number of carbonyl (C=O) groups is 1. The molecule has 1 fully saturated rings. The summed E-state index contributed by atoms with van der Waals surface area (Å²) < 4.78 is 19.5. The number of rotatable bonds is 4. The van der Waals surface area contributed by atoms with Gasteiger partial charge in [0.2, 0.25) is 0 Å². The van der Waals surface area contributed by atoms with Gasteiger partial charge in [-0.3, -0.25) is 4.79 Å². The van der Waals surface area contributed by atoms with E-state index < -0.39 is 0 Å². The molecule has 0 bridgehead atoms. The van der Waals surface area contributed by atoms with Crippen LogP contribution in [0.3, 0.4) is 0 Å². The molecule has 2 heterocycles. The monoisotopic (exact) mass is 417 g/mol. The van der Waals surface area contributed by atoms with E-state index in [1.54, 1.807) is 30.3 Å². The fraction of sp³-hybridized carbons (Fsp3) is 0.174. The van der Waals surface area contributed by atoms with Crippen LogP contribution >= 0.6 is 0 Å². The highest BCUT2D eigenvalue weighted by Crippen LogP contribution is 2.26. The summed E-state index contributed by atoms with van der Waals surface area (Å²) in [4.78, 5) is 16.8. The van der Waals surface area contributed by atoms with Crippen molar-refractivity contribution in [1.29, 1.82) is 0 Å². The maximum Gasteiger partial charge on any atom is 0.255 e. The minimum atomic E-state index is -0.359. The number of aromatic nitrogens is 2. The van der Waals surface area contributed by atoms with Crippen LogP contribution in [0.15, 0.2) is 71.4 Å². The second-order valence-electron chi connectivity index (χ2n) is 7.40. The van der Waals surface area contributed by atoms with Gasteiger partial charge in [0.1, 0.15) is 16.9 Å². The molecule has 0 radical (unpaired) electrons. The standard InChI is InChI=1S/C23H20FN5O2/c24-19-15-17(25-23(30)16-6-8-20-21(14-16)27-31-26-20)7-9-22(19)29-12-10-28(11-13-29)18-4-2-1-3-5-18/h1-9,14-15H,10-13H2,(H,25,30). The van der Waals surface area contributed by atoms with Gasteiger partial charge >= 0.3 is 0 Å². The number of hydrogen-bond donors (Lipinski definition) is 1. The highest BCUT2D eigenvalue weighted by Gasteiger charge is 2.20. The van der Waals surface area contributed by atoms with E-state index in [0.29, 0.717) is 28.0 Å². The van der Waals surface area contributed by atoms with E-state index in [1.165, 1.54) is 11.8 Å². The number of halogens is 1. The summed E-state index contributed by atoms with van der Waals surface area (Å²) in [6, 6.07) is 19.9. The van der Waals surface area contributed by atoms with Gasteiger partial charge in [0.15, 0.2) is 0 Å². The number of benzene rings is 3. The fourth-order valence-electron chi connectivity index (χ4n) is 3.81. The zero-order valence-electron chi connectivity index (χ0n) is 16.7. The number of nitrogens with zero attached hydrogens (tertiary/aromatic N) is 4. The number of carbonyl (C=O) groups excluding carboxylic acids is 1. The number of nitrogens with one attached hydrogen (secondary N) is 1. The molecule has 0 aliphatic carbocycles. The molecule has 1 N–H and O–H groups in total. The van der Waals surface area contributed by atoms with Crippen molar-refractivity contribution in [3.8, 4) is 0 Å². The van der Waals surface area contributed by atoms with Crippen molar-refractivity contribution in [3.05, 3.63) is 78.1 Å². The van der Waals surface area contributed by atoms with Gasteiger partial charge in [0.25, 0.3) is 5.91 Å². The fourth-order valence-corrected chi connectivity index (χ4v) is 3.81. The Morgan fingerprint density at radius 3 is 2.39 bits per heavy atom. The minimum absolute atomic E-state index is 0.353. The topological polar surface area (TPSA) is 74.5 Å². The first kappa shape index (κ1) is 19.0. The van der Waals surface area contributed by atoms with Crippen LogP contribution in [0.1, 0.15) is 10.4 Å². The summed E-state index contributed by atoms with van der Waals surface area (Å²) in [5.41, 5.74) is 3.57. The zero-order valence-corrected chi connectivity index (χ0v) is 16.7. The van der Waals surface area contributed by atoms with Crippen molar-refractivity contribution in [2.75, 3.05) is 41.3 Å². The van der Waals surface area contributed by atoms with E-state index in [4.69, 9.17) is 0 Å². The van der Waals surface area contributed by atoms with Gasteiger partial charge in [-0.2, -0.15) is 0 Å². The van der Waals surface area contributed by atoms with Gasteiger partial charge in [0, 0.05) is 43.1 Å². The smallest absolute Gasteiger partial charge is 0.255 e. The zero-order chi connectivity index (χ0) is 21.2. The first-order valence-electron chi connectivity index (χ1n) is 10.1. The quantitative estimate of drug-likeness (QED) is 0.542. The van der Waals surface area contributed by atoms with E-state index in [1.807, 2.05) is 23.1 Å². The van der Waals surface area contributed by atoms with Gasteiger partial charge in [-0.15, -0.1) is 0 Å². The van der Waals surface area contributed by atoms with E-state index in [9.17, 15) is 9.18 Å². The maximum absolute atomic E-state index is 14.8. The van der Waals surface area contributed by atoms with E-state index in [-0.39, 0.29) is 11.7 Å². The van der Waals surface area contributed by atoms with Crippen molar-refractivity contribution < 1.29 is 13.8 Å². The molecule has 31 heavy (non-hydrogen) atoms. The lowest BCUT2D eigenvalue weighted by Crippen LogP contribution is -2.46. The molecule has 0 atom stereocenters. The lowest BCUT2D eigenvalue weighted by atomic mass is 10.1. The Morgan fingerprint density at radius 2 is 1.61 bits per heavy atom. The Bertz CT molecular complexity index is 1220. The van der Waals surface area contributed by atoms with Crippen LogP contribution in [0.25, 0.3) is 11.0 Å². The van der Waals surface area contributed by atoms with E-state index in [0.717, 1.165) is 26.2 Å². The molecule has 3 aromatic carbocycles. The van der Waals surface area contributed by atoms with Gasteiger partial charge in [-0.25, -0.2) is 9.02 Å². The number of hydrogen-bond acceptors (Lipinski definition) is 6. The first-order valence-corrected chi connectivity index (χ1v) is 10.1. The molecule has 0 saturated carbocycles. The van der Waals surface area contributed by atoms with Crippen molar-refractivity contribution in [2.24, 2.45) is 0 Å². The van der Waals surface area contributed by atoms with Crippen LogP contribution in [0.5, 0.6) is 0 Å². The molecule has 7 nitrogen and oxygen atoms in total. The third kappa shape index (κ3) is 3.92. The largest absolute Gasteiger partial charge is 0.368 e. The summed E-state index contributed by atoms with van der Waals surface area (Å²) in [6.45, 7) is 3.09. The maximum atomic E-state index is 14.8. The number of piperazine rings is 1. The van der Waals surface area contributed by atoms with Crippen LogP contribution in [0.4, 0.5) is 21.5 Å². The summed E-state index contributed by atoms with van der Waals surface area (Å²) in [6.07, 6.45) is 0. The molecule has 1 aromatic heterocycles. The van der Waals surface area contributed by atoms with Crippen LogP contribution in [0, 0.1) is 5.82 Å². The average Bonchev–Trinajstić information content (AvgIpc) is 3.28. The molecule has 8 heteroatoms. The highest BCUT2D eigenvalue weighted by molar-refractivity contribution is 6.05. The predicted octanol–water partition coefficient (Wildman–Crippen LogP) is 3.94. The Kier molecular flexibility index (Phi) is 4.95. The average molecular weight is 417 g/mol. The second kappa shape index (κ2) is 8.06. The van der Waals surface area contributed by atoms with Gasteiger partial charge < -0.3 is 15.1 Å². The number of fused-ring (bicyclic) bond motifs is 1. The molecule has 156 valence electrons. The lowest BCUT2D eigenvalue weighted by molar-refractivity contribution is 0.102. The van der Waals surface area contributed by atoms with Crippen LogP contribution < -0.4 is 15.1 Å². The molecular formula is C23H20FN5O2. The summed E-state index contributed by atoms with van der Waals surface area (Å²) in [7, 11) is 0. The van der Waals surface area contributed by atoms with Crippen molar-refractivity contribution in [1.82, 2.24) is 10.3 Å². The summed E-state index contributed by atoms with van der Waals surface area (Å²) >= 11 is 0. The molecule has 5 rings (SSSR count). The Morgan fingerprint density at radius 1 is 0.871 bits per heavy atom. The number of amides is 1. The molecule has 1 aliphatic rings. The van der Waals surface area contributed by atoms with Crippen molar-refractivity contribution in [2.45, 2.75) is 0 Å². The molecule has 1 aliphatic heterocycles.